The van der Waals surface area contributed by atoms with Crippen LogP contribution in [0.1, 0.15) is 29.4 Å². The Kier molecular flexibility index (Phi) is 6.60. The van der Waals surface area contributed by atoms with Gasteiger partial charge in [-0.15, -0.1) is 0 Å². The molecule has 35 heavy (non-hydrogen) atoms. The third-order valence-electron chi connectivity index (χ3n) is 5.80. The molecule has 3 aromatic rings. The molecule has 3 amide bonds. The molecule has 0 bridgehead atoms. The SMILES string of the molecule is CC(=O)Nc1ccc(-n2c(C)cc(/C=C3\C(=O)NC(=S)N(c4cccc(Cl)c4C)C3=O)c2C)cc1. The molecule has 0 atom stereocenters. The molecule has 9 heteroatoms. The van der Waals surface area contributed by atoms with Gasteiger partial charge in [-0.3, -0.25) is 24.6 Å². The van der Waals surface area contributed by atoms with E-state index in [1.807, 2.05) is 48.7 Å². The molecule has 0 spiro atoms. The highest BCUT2D eigenvalue weighted by atomic mass is 35.5. The van der Waals surface area contributed by atoms with E-state index in [2.05, 4.69) is 10.6 Å². The number of rotatable bonds is 4. The van der Waals surface area contributed by atoms with Gasteiger partial charge < -0.3 is 9.88 Å². The summed E-state index contributed by atoms with van der Waals surface area (Å²) in [4.78, 5) is 38.8. The van der Waals surface area contributed by atoms with Gasteiger partial charge in [0.1, 0.15) is 5.57 Å². The highest BCUT2D eigenvalue weighted by molar-refractivity contribution is 7.80. The average Bonchev–Trinajstić information content (AvgIpc) is 3.07. The van der Waals surface area contributed by atoms with Crippen molar-refractivity contribution in [2.24, 2.45) is 0 Å². The summed E-state index contributed by atoms with van der Waals surface area (Å²) in [6.45, 7) is 7.10. The van der Waals surface area contributed by atoms with E-state index in [1.165, 1.54) is 11.8 Å². The zero-order valence-electron chi connectivity index (χ0n) is 19.6. The Labute approximate surface area is 213 Å². The maximum atomic E-state index is 13.4. The van der Waals surface area contributed by atoms with Crippen LogP contribution in [0.2, 0.25) is 5.02 Å². The lowest BCUT2D eigenvalue weighted by Gasteiger charge is -2.30. The third kappa shape index (κ3) is 4.62. The summed E-state index contributed by atoms with van der Waals surface area (Å²) in [5.74, 6) is -1.22. The minimum Gasteiger partial charge on any atom is -0.326 e. The van der Waals surface area contributed by atoms with Crippen LogP contribution in [0, 0.1) is 20.8 Å². The largest absolute Gasteiger partial charge is 0.326 e. The Balaban J connectivity index is 1.73. The first-order chi connectivity index (χ1) is 16.6. The monoisotopic (exact) mass is 506 g/mol. The predicted octanol–water partition coefficient (Wildman–Crippen LogP) is 4.85. The molecular weight excluding hydrogens is 484 g/mol. The molecular formula is C26H23ClN4O3S. The first-order valence-corrected chi connectivity index (χ1v) is 11.6. The number of aromatic nitrogens is 1. The van der Waals surface area contributed by atoms with Crippen molar-refractivity contribution in [1.82, 2.24) is 9.88 Å². The van der Waals surface area contributed by atoms with Crippen LogP contribution >= 0.6 is 23.8 Å². The zero-order valence-corrected chi connectivity index (χ0v) is 21.2. The van der Waals surface area contributed by atoms with Crippen molar-refractivity contribution in [2.75, 3.05) is 10.2 Å². The Bertz CT molecular complexity index is 1420. The molecule has 1 aliphatic heterocycles. The number of hydrogen-bond acceptors (Lipinski definition) is 4. The van der Waals surface area contributed by atoms with Gasteiger partial charge in [-0.1, -0.05) is 17.7 Å². The summed E-state index contributed by atoms with van der Waals surface area (Å²) in [7, 11) is 0. The highest BCUT2D eigenvalue weighted by Gasteiger charge is 2.35. The van der Waals surface area contributed by atoms with Crippen molar-refractivity contribution in [2.45, 2.75) is 27.7 Å². The molecule has 0 saturated carbocycles. The maximum absolute atomic E-state index is 13.4. The van der Waals surface area contributed by atoms with Crippen molar-refractivity contribution in [3.05, 3.63) is 81.6 Å². The lowest BCUT2D eigenvalue weighted by Crippen LogP contribution is -2.54. The Morgan fingerprint density at radius 3 is 2.43 bits per heavy atom. The summed E-state index contributed by atoms with van der Waals surface area (Å²) < 4.78 is 2.01. The highest BCUT2D eigenvalue weighted by Crippen LogP contribution is 2.30. The number of aryl methyl sites for hydroxylation is 1. The van der Waals surface area contributed by atoms with Crippen LogP contribution in [-0.4, -0.2) is 27.4 Å². The normalized spacial score (nSPS) is 14.9. The van der Waals surface area contributed by atoms with Gasteiger partial charge in [0, 0.05) is 34.7 Å². The number of nitrogens with one attached hydrogen (secondary N) is 2. The molecule has 2 heterocycles. The molecule has 4 rings (SSSR count). The van der Waals surface area contributed by atoms with Crippen molar-refractivity contribution in [3.63, 3.8) is 0 Å². The molecule has 2 N–H and O–H groups in total. The van der Waals surface area contributed by atoms with Crippen LogP contribution in [0.15, 0.2) is 54.1 Å². The fourth-order valence-corrected chi connectivity index (χ4v) is 4.54. The van der Waals surface area contributed by atoms with Gasteiger partial charge in [-0.2, -0.15) is 0 Å². The lowest BCUT2D eigenvalue weighted by atomic mass is 10.1. The van der Waals surface area contributed by atoms with Crippen molar-refractivity contribution in [1.29, 1.82) is 0 Å². The van der Waals surface area contributed by atoms with E-state index < -0.39 is 11.8 Å². The van der Waals surface area contributed by atoms with Gasteiger partial charge in [-0.25, -0.2) is 0 Å². The number of halogens is 1. The van der Waals surface area contributed by atoms with Crippen LogP contribution in [0.4, 0.5) is 11.4 Å². The Hall–Kier alpha value is -3.75. The summed E-state index contributed by atoms with van der Waals surface area (Å²) in [6.07, 6.45) is 1.58. The van der Waals surface area contributed by atoms with E-state index in [4.69, 9.17) is 23.8 Å². The van der Waals surface area contributed by atoms with Gasteiger partial charge in [0.05, 0.1) is 5.69 Å². The van der Waals surface area contributed by atoms with E-state index >= 15 is 0 Å². The van der Waals surface area contributed by atoms with Crippen molar-refractivity contribution in [3.8, 4) is 5.69 Å². The molecule has 1 aliphatic rings. The van der Waals surface area contributed by atoms with Crippen LogP contribution < -0.4 is 15.5 Å². The van der Waals surface area contributed by atoms with Gasteiger partial charge in [0.15, 0.2) is 5.11 Å². The van der Waals surface area contributed by atoms with Gasteiger partial charge in [0.25, 0.3) is 11.8 Å². The first-order valence-electron chi connectivity index (χ1n) is 10.8. The van der Waals surface area contributed by atoms with Crippen LogP contribution in [-0.2, 0) is 14.4 Å². The summed E-state index contributed by atoms with van der Waals surface area (Å²) in [5.41, 5.74) is 5.24. The minimum atomic E-state index is -0.555. The van der Waals surface area contributed by atoms with E-state index in [0.29, 0.717) is 22.0 Å². The fraction of sp³-hybridized carbons (Fsp3) is 0.154. The molecule has 0 radical (unpaired) electrons. The molecule has 1 aromatic heterocycles. The van der Waals surface area contributed by atoms with Gasteiger partial charge in [-0.05, 0) is 92.7 Å². The summed E-state index contributed by atoms with van der Waals surface area (Å²) >= 11 is 11.6. The number of carbonyl (C=O) groups is 3. The number of nitrogens with zero attached hydrogens (tertiary/aromatic N) is 2. The minimum absolute atomic E-state index is 0.00671. The van der Waals surface area contributed by atoms with E-state index in [-0.39, 0.29) is 16.6 Å². The second-order valence-electron chi connectivity index (χ2n) is 8.23. The number of amides is 3. The second kappa shape index (κ2) is 9.48. The number of hydrogen-bond donors (Lipinski definition) is 2. The molecule has 2 aromatic carbocycles. The predicted molar refractivity (Wildman–Crippen MR) is 142 cm³/mol. The number of carbonyl (C=O) groups excluding carboxylic acids is 3. The first kappa shape index (κ1) is 24.4. The van der Waals surface area contributed by atoms with Crippen LogP contribution in [0.5, 0.6) is 0 Å². The zero-order chi connectivity index (χ0) is 25.4. The number of thiocarbonyl (C=S) groups is 1. The van der Waals surface area contributed by atoms with Gasteiger partial charge in [0.2, 0.25) is 5.91 Å². The molecule has 0 aliphatic carbocycles. The van der Waals surface area contributed by atoms with Crippen molar-refractivity contribution >= 4 is 64.1 Å². The third-order valence-corrected chi connectivity index (χ3v) is 6.49. The van der Waals surface area contributed by atoms with E-state index in [1.54, 1.807) is 31.2 Å². The Morgan fingerprint density at radius 2 is 1.77 bits per heavy atom. The molecule has 7 nitrogen and oxygen atoms in total. The average molecular weight is 507 g/mol. The van der Waals surface area contributed by atoms with Crippen LogP contribution in [0.3, 0.4) is 0 Å². The summed E-state index contributed by atoms with van der Waals surface area (Å²) in [6, 6.07) is 14.5. The standard InChI is InChI=1S/C26H23ClN4O3S/c1-14-12-18(16(3)30(14)20-10-8-19(9-11-20)28-17(4)32)13-21-24(33)29-26(35)31(25(21)34)23-7-5-6-22(27)15(23)2/h5-13H,1-4H3,(H,28,32)(H,29,33,35)/b21-13+. The summed E-state index contributed by atoms with van der Waals surface area (Å²) in [5, 5.41) is 5.86. The number of benzene rings is 2. The molecule has 178 valence electrons. The fourth-order valence-electron chi connectivity index (χ4n) is 4.10. The van der Waals surface area contributed by atoms with Crippen molar-refractivity contribution < 1.29 is 14.4 Å². The lowest BCUT2D eigenvalue weighted by molar-refractivity contribution is -0.122. The molecule has 1 saturated heterocycles. The quantitative estimate of drug-likeness (QED) is 0.301. The van der Waals surface area contributed by atoms with Crippen LogP contribution in [0.25, 0.3) is 11.8 Å². The Morgan fingerprint density at radius 1 is 1.09 bits per heavy atom. The molecule has 0 unspecified atom stereocenters. The topological polar surface area (TPSA) is 83.4 Å². The molecule has 1 fully saturated rings. The van der Waals surface area contributed by atoms with E-state index in [9.17, 15) is 14.4 Å². The second-order valence-corrected chi connectivity index (χ2v) is 9.03. The maximum Gasteiger partial charge on any atom is 0.270 e. The van der Waals surface area contributed by atoms with E-state index in [0.717, 1.165) is 22.6 Å². The van der Waals surface area contributed by atoms with Gasteiger partial charge >= 0.3 is 0 Å². The smallest absolute Gasteiger partial charge is 0.270 e. The number of anilines is 2.